The van der Waals surface area contributed by atoms with E-state index in [4.69, 9.17) is 9.72 Å². The molecule has 0 spiro atoms. The lowest BCUT2D eigenvalue weighted by Crippen LogP contribution is -2.17. The summed E-state index contributed by atoms with van der Waals surface area (Å²) >= 11 is 0. The fourth-order valence-electron chi connectivity index (χ4n) is 2.67. The molecule has 0 bridgehead atoms. The Labute approximate surface area is 142 Å². The molecular weight excluding hydrogens is 300 g/mol. The zero-order chi connectivity index (χ0) is 16.6. The molecule has 0 saturated heterocycles. The molecule has 3 aromatic rings. The summed E-state index contributed by atoms with van der Waals surface area (Å²) < 4.78 is 7.69. The zero-order valence-corrected chi connectivity index (χ0v) is 14.0. The Morgan fingerprint density at radius 3 is 2.54 bits per heavy atom. The molecule has 2 N–H and O–H groups in total. The minimum Gasteiger partial charge on any atom is -0.383 e. The maximum atomic E-state index is 5.51. The number of benzene rings is 2. The van der Waals surface area contributed by atoms with Gasteiger partial charge in [-0.25, -0.2) is 4.98 Å². The SMILES string of the molecule is CCOCCn1c(NCCNc2ccccc2)nc2ccccc21. The minimum absolute atomic E-state index is 0.688. The number of anilines is 2. The molecule has 0 atom stereocenters. The second-order valence-corrected chi connectivity index (χ2v) is 5.49. The van der Waals surface area contributed by atoms with Crippen LogP contribution < -0.4 is 10.6 Å². The molecule has 2 aromatic carbocycles. The molecule has 0 amide bonds. The third-order valence-electron chi connectivity index (χ3n) is 3.83. The smallest absolute Gasteiger partial charge is 0.204 e. The first-order chi connectivity index (χ1) is 11.9. The van der Waals surface area contributed by atoms with Gasteiger partial charge < -0.3 is 19.9 Å². The fourth-order valence-corrected chi connectivity index (χ4v) is 2.67. The van der Waals surface area contributed by atoms with Gasteiger partial charge in [-0.3, -0.25) is 0 Å². The molecule has 0 fully saturated rings. The second kappa shape index (κ2) is 8.36. The molecule has 0 saturated carbocycles. The van der Waals surface area contributed by atoms with Gasteiger partial charge in [0.15, 0.2) is 0 Å². The summed E-state index contributed by atoms with van der Waals surface area (Å²) in [5.74, 6) is 0.894. The molecule has 1 aromatic heterocycles. The average molecular weight is 324 g/mol. The number of aromatic nitrogens is 2. The quantitative estimate of drug-likeness (QED) is 0.591. The number of fused-ring (bicyclic) bond motifs is 1. The summed E-state index contributed by atoms with van der Waals surface area (Å²) in [7, 11) is 0. The van der Waals surface area contributed by atoms with Crippen LogP contribution in [-0.4, -0.2) is 35.9 Å². The molecule has 24 heavy (non-hydrogen) atoms. The standard InChI is InChI=1S/C19H24N4O/c1-2-24-15-14-23-18-11-7-6-10-17(18)22-19(23)21-13-12-20-16-8-4-3-5-9-16/h3-11,20H,2,12-15H2,1H3,(H,21,22). The Morgan fingerprint density at radius 1 is 0.958 bits per heavy atom. The van der Waals surface area contributed by atoms with Gasteiger partial charge in [-0.2, -0.15) is 0 Å². The number of hydrogen-bond acceptors (Lipinski definition) is 4. The third kappa shape index (κ3) is 4.06. The van der Waals surface area contributed by atoms with E-state index in [1.165, 1.54) is 0 Å². The molecule has 0 aliphatic heterocycles. The summed E-state index contributed by atoms with van der Waals surface area (Å²) in [4.78, 5) is 4.70. The van der Waals surface area contributed by atoms with E-state index in [2.05, 4.69) is 33.4 Å². The predicted molar refractivity (Wildman–Crippen MR) is 99.6 cm³/mol. The van der Waals surface area contributed by atoms with Crippen LogP contribution in [0, 0.1) is 0 Å². The lowest BCUT2D eigenvalue weighted by Gasteiger charge is -2.11. The Morgan fingerprint density at radius 2 is 1.71 bits per heavy atom. The summed E-state index contributed by atoms with van der Waals surface area (Å²) in [5.41, 5.74) is 3.27. The zero-order valence-electron chi connectivity index (χ0n) is 14.0. The molecule has 0 aliphatic carbocycles. The van der Waals surface area contributed by atoms with E-state index in [1.54, 1.807) is 0 Å². The fraction of sp³-hybridized carbons (Fsp3) is 0.316. The van der Waals surface area contributed by atoms with Crippen LogP contribution in [0.5, 0.6) is 0 Å². The van der Waals surface area contributed by atoms with E-state index in [0.717, 1.165) is 48.9 Å². The molecule has 0 unspecified atom stereocenters. The normalized spacial score (nSPS) is 10.9. The van der Waals surface area contributed by atoms with E-state index in [-0.39, 0.29) is 0 Å². The van der Waals surface area contributed by atoms with Crippen molar-refractivity contribution in [2.75, 3.05) is 36.9 Å². The van der Waals surface area contributed by atoms with Crippen LogP contribution in [0.1, 0.15) is 6.92 Å². The van der Waals surface area contributed by atoms with Crippen molar-refractivity contribution in [3.63, 3.8) is 0 Å². The van der Waals surface area contributed by atoms with E-state index < -0.39 is 0 Å². The van der Waals surface area contributed by atoms with Gasteiger partial charge in [0.2, 0.25) is 5.95 Å². The molecule has 0 aliphatic rings. The van der Waals surface area contributed by atoms with E-state index in [0.29, 0.717) is 6.61 Å². The van der Waals surface area contributed by atoms with Crippen molar-refractivity contribution in [3.8, 4) is 0 Å². The van der Waals surface area contributed by atoms with Crippen molar-refractivity contribution >= 4 is 22.7 Å². The van der Waals surface area contributed by atoms with Crippen molar-refractivity contribution in [1.29, 1.82) is 0 Å². The lowest BCUT2D eigenvalue weighted by atomic mass is 10.3. The Kier molecular flexibility index (Phi) is 5.69. The van der Waals surface area contributed by atoms with Crippen molar-refractivity contribution in [2.45, 2.75) is 13.5 Å². The highest BCUT2D eigenvalue weighted by molar-refractivity contribution is 5.78. The number of ether oxygens (including phenoxy) is 1. The number of para-hydroxylation sites is 3. The van der Waals surface area contributed by atoms with Crippen molar-refractivity contribution in [1.82, 2.24) is 9.55 Å². The Hall–Kier alpha value is -2.53. The van der Waals surface area contributed by atoms with E-state index in [9.17, 15) is 0 Å². The largest absolute Gasteiger partial charge is 0.383 e. The summed E-state index contributed by atoms with van der Waals surface area (Å²) in [6.45, 7) is 5.86. The first-order valence-corrected chi connectivity index (χ1v) is 8.44. The monoisotopic (exact) mass is 324 g/mol. The van der Waals surface area contributed by atoms with Crippen LogP contribution in [0.25, 0.3) is 11.0 Å². The minimum atomic E-state index is 0.688. The predicted octanol–water partition coefficient (Wildman–Crippen LogP) is 3.60. The summed E-state index contributed by atoms with van der Waals surface area (Å²) in [5, 5.41) is 6.83. The molecular formula is C19H24N4O. The van der Waals surface area contributed by atoms with Gasteiger partial charge in [0.1, 0.15) is 0 Å². The molecule has 5 heteroatoms. The van der Waals surface area contributed by atoms with E-state index >= 15 is 0 Å². The van der Waals surface area contributed by atoms with Crippen LogP contribution >= 0.6 is 0 Å². The molecule has 1 heterocycles. The van der Waals surface area contributed by atoms with Crippen LogP contribution in [-0.2, 0) is 11.3 Å². The van der Waals surface area contributed by atoms with Crippen LogP contribution in [0.4, 0.5) is 11.6 Å². The number of hydrogen-bond donors (Lipinski definition) is 2. The number of nitrogens with one attached hydrogen (secondary N) is 2. The number of rotatable bonds is 9. The van der Waals surface area contributed by atoms with Crippen LogP contribution in [0.3, 0.4) is 0 Å². The van der Waals surface area contributed by atoms with Crippen molar-refractivity contribution in [3.05, 3.63) is 54.6 Å². The topological polar surface area (TPSA) is 51.1 Å². The highest BCUT2D eigenvalue weighted by atomic mass is 16.5. The van der Waals surface area contributed by atoms with Gasteiger partial charge in [0, 0.05) is 31.9 Å². The number of imidazole rings is 1. The Bertz CT molecular complexity index is 754. The Balaban J connectivity index is 1.63. The lowest BCUT2D eigenvalue weighted by molar-refractivity contribution is 0.140. The molecule has 5 nitrogen and oxygen atoms in total. The van der Waals surface area contributed by atoms with Crippen molar-refractivity contribution < 1.29 is 4.74 Å². The maximum Gasteiger partial charge on any atom is 0.204 e. The first-order valence-electron chi connectivity index (χ1n) is 8.44. The maximum absolute atomic E-state index is 5.51. The van der Waals surface area contributed by atoms with Gasteiger partial charge in [-0.1, -0.05) is 30.3 Å². The summed E-state index contributed by atoms with van der Waals surface area (Å²) in [6, 6.07) is 18.4. The van der Waals surface area contributed by atoms with E-state index in [1.807, 2.05) is 43.3 Å². The average Bonchev–Trinajstić information content (AvgIpc) is 2.98. The third-order valence-corrected chi connectivity index (χ3v) is 3.83. The number of nitrogens with zero attached hydrogens (tertiary/aromatic N) is 2. The molecule has 0 radical (unpaired) electrons. The first kappa shape index (κ1) is 16.3. The van der Waals surface area contributed by atoms with Crippen LogP contribution in [0.15, 0.2) is 54.6 Å². The van der Waals surface area contributed by atoms with Gasteiger partial charge in [-0.15, -0.1) is 0 Å². The highest BCUT2D eigenvalue weighted by Crippen LogP contribution is 2.19. The van der Waals surface area contributed by atoms with Crippen molar-refractivity contribution in [2.24, 2.45) is 0 Å². The molecule has 3 rings (SSSR count). The summed E-state index contributed by atoms with van der Waals surface area (Å²) in [6.07, 6.45) is 0. The van der Waals surface area contributed by atoms with Gasteiger partial charge in [-0.05, 0) is 31.2 Å². The second-order valence-electron chi connectivity index (χ2n) is 5.49. The van der Waals surface area contributed by atoms with Crippen LogP contribution in [0.2, 0.25) is 0 Å². The highest BCUT2D eigenvalue weighted by Gasteiger charge is 2.09. The van der Waals surface area contributed by atoms with Gasteiger partial charge in [0.05, 0.1) is 17.6 Å². The van der Waals surface area contributed by atoms with Gasteiger partial charge in [0.25, 0.3) is 0 Å². The molecule has 126 valence electrons. The van der Waals surface area contributed by atoms with Gasteiger partial charge >= 0.3 is 0 Å².